The van der Waals surface area contributed by atoms with Crippen LogP contribution in [0.5, 0.6) is 5.75 Å². The molecule has 2 aliphatic heterocycles. The summed E-state index contributed by atoms with van der Waals surface area (Å²) in [5.74, 6) is -4.83. The van der Waals surface area contributed by atoms with Crippen molar-refractivity contribution in [3.63, 3.8) is 0 Å². The van der Waals surface area contributed by atoms with Crippen LogP contribution in [0.25, 0.3) is 0 Å². The fourth-order valence-corrected chi connectivity index (χ4v) is 8.00. The Hall–Kier alpha value is -3.16. The second-order valence-corrected chi connectivity index (χ2v) is 12.0. The Labute approximate surface area is 230 Å². The van der Waals surface area contributed by atoms with Gasteiger partial charge in [0.1, 0.15) is 5.75 Å². The van der Waals surface area contributed by atoms with Crippen molar-refractivity contribution in [1.29, 1.82) is 0 Å². The molecule has 2 saturated heterocycles. The molecule has 9 heteroatoms. The summed E-state index contributed by atoms with van der Waals surface area (Å²) >= 11 is 14.3. The number of likely N-dealkylation sites (tertiary alicyclic amines) is 2. The van der Waals surface area contributed by atoms with Gasteiger partial charge in [-0.05, 0) is 36.8 Å². The summed E-state index contributed by atoms with van der Waals surface area (Å²) in [6.07, 6.45) is 2.09. The highest BCUT2D eigenvalue weighted by atomic mass is 35.5. The Morgan fingerprint density at radius 2 is 1.66 bits per heavy atom. The summed E-state index contributed by atoms with van der Waals surface area (Å²) < 4.78 is 0. The van der Waals surface area contributed by atoms with Crippen molar-refractivity contribution >= 4 is 46.8 Å². The molecule has 2 aliphatic carbocycles. The number of phenols is 1. The van der Waals surface area contributed by atoms with Crippen LogP contribution in [0.2, 0.25) is 0 Å². The molecule has 2 aromatic rings. The predicted octanol–water partition coefficient (Wildman–Crippen LogP) is 3.89. The lowest BCUT2D eigenvalue weighted by Gasteiger charge is -2.50. The maximum Gasteiger partial charge on any atom is 0.253 e. The molecule has 2 heterocycles. The standard InChI is InChI=1S/C29H26Cl2N2O5/c1-15-7-6-10-19(23(15)34)22-17-11-12-18-21(25(36)33(24(18)35)14-16-8-4-3-5-9-16)20(17)13-28(30)26(37)32(2)27(38)29(22,28)31/h3-11,18,20-22,34H,12-14H2,1-2H3. The number of allylic oxidation sites excluding steroid dienone is 2. The van der Waals surface area contributed by atoms with Crippen LogP contribution in [0.3, 0.4) is 0 Å². The Bertz CT molecular complexity index is 1440. The highest BCUT2D eigenvalue weighted by Gasteiger charge is 2.76. The number of imide groups is 2. The van der Waals surface area contributed by atoms with Gasteiger partial charge in [0, 0.05) is 18.5 Å². The predicted molar refractivity (Wildman–Crippen MR) is 140 cm³/mol. The van der Waals surface area contributed by atoms with Crippen LogP contribution in [0.1, 0.15) is 35.4 Å². The molecule has 3 fully saturated rings. The second kappa shape index (κ2) is 8.42. The number of aromatic hydroxyl groups is 1. The van der Waals surface area contributed by atoms with Crippen molar-refractivity contribution in [1.82, 2.24) is 9.80 Å². The van der Waals surface area contributed by atoms with Crippen LogP contribution in [-0.4, -0.2) is 55.3 Å². The van der Waals surface area contributed by atoms with Gasteiger partial charge in [0.25, 0.3) is 11.8 Å². The molecule has 2 aromatic carbocycles. The number of carbonyl (C=O) groups is 4. The highest BCUT2D eigenvalue weighted by Crippen LogP contribution is 2.66. The van der Waals surface area contributed by atoms with E-state index in [0.717, 1.165) is 10.5 Å². The number of nitrogens with zero attached hydrogens (tertiary/aromatic N) is 2. The van der Waals surface area contributed by atoms with Gasteiger partial charge in [-0.15, -0.1) is 23.2 Å². The molecule has 6 atom stereocenters. The Kier molecular flexibility index (Phi) is 5.57. The highest BCUT2D eigenvalue weighted by molar-refractivity contribution is 6.53. The van der Waals surface area contributed by atoms with Gasteiger partial charge < -0.3 is 5.11 Å². The number of benzene rings is 2. The number of aryl methyl sites for hydroxylation is 1. The molecule has 38 heavy (non-hydrogen) atoms. The van der Waals surface area contributed by atoms with E-state index in [2.05, 4.69) is 0 Å². The Morgan fingerprint density at radius 3 is 2.37 bits per heavy atom. The van der Waals surface area contributed by atoms with Gasteiger partial charge in [-0.2, -0.15) is 0 Å². The topological polar surface area (TPSA) is 95.0 Å². The molecule has 0 radical (unpaired) electrons. The number of alkyl halides is 2. The quantitative estimate of drug-likeness (QED) is 0.354. The van der Waals surface area contributed by atoms with E-state index in [0.29, 0.717) is 16.7 Å². The van der Waals surface area contributed by atoms with Crippen LogP contribution in [-0.2, 0) is 25.7 Å². The van der Waals surface area contributed by atoms with E-state index >= 15 is 0 Å². The molecule has 6 rings (SSSR count). The van der Waals surface area contributed by atoms with E-state index in [1.165, 1.54) is 11.9 Å². The number of amides is 4. The zero-order valence-corrected chi connectivity index (χ0v) is 22.4. The van der Waals surface area contributed by atoms with Gasteiger partial charge in [-0.25, -0.2) is 0 Å². The van der Waals surface area contributed by atoms with Crippen molar-refractivity contribution in [2.24, 2.45) is 17.8 Å². The lowest BCUT2D eigenvalue weighted by atomic mass is 9.56. The molecule has 6 unspecified atom stereocenters. The van der Waals surface area contributed by atoms with Gasteiger partial charge in [0.05, 0.1) is 18.4 Å². The lowest BCUT2D eigenvalue weighted by molar-refractivity contribution is -0.141. The average molecular weight is 553 g/mol. The third-order valence-electron chi connectivity index (χ3n) is 8.87. The second-order valence-electron chi connectivity index (χ2n) is 10.8. The first-order chi connectivity index (χ1) is 18.0. The molecule has 196 valence electrons. The van der Waals surface area contributed by atoms with Crippen molar-refractivity contribution in [3.8, 4) is 5.75 Å². The molecule has 1 saturated carbocycles. The molecule has 0 spiro atoms. The lowest BCUT2D eigenvalue weighted by Crippen LogP contribution is -2.60. The first-order valence-electron chi connectivity index (χ1n) is 12.6. The minimum Gasteiger partial charge on any atom is -0.507 e. The largest absolute Gasteiger partial charge is 0.507 e. The number of phenolic OH excluding ortho intramolecular Hbond substituents is 1. The summed E-state index contributed by atoms with van der Waals surface area (Å²) in [6, 6.07) is 14.4. The summed E-state index contributed by atoms with van der Waals surface area (Å²) in [6.45, 7) is 1.88. The molecular weight excluding hydrogens is 527 g/mol. The molecule has 1 N–H and O–H groups in total. The zero-order chi connectivity index (χ0) is 27.1. The van der Waals surface area contributed by atoms with Gasteiger partial charge in [0.2, 0.25) is 11.8 Å². The average Bonchev–Trinajstić information content (AvgIpc) is 3.22. The van der Waals surface area contributed by atoms with E-state index in [4.69, 9.17) is 23.2 Å². The number of hydrogen-bond acceptors (Lipinski definition) is 5. The van der Waals surface area contributed by atoms with Crippen LogP contribution in [0.15, 0.2) is 60.2 Å². The number of fused-ring (bicyclic) bond motifs is 4. The first-order valence-corrected chi connectivity index (χ1v) is 13.4. The fourth-order valence-electron chi connectivity index (χ4n) is 6.99. The Balaban J connectivity index is 1.49. The van der Waals surface area contributed by atoms with Crippen LogP contribution in [0, 0.1) is 24.7 Å². The van der Waals surface area contributed by atoms with Gasteiger partial charge in [0.15, 0.2) is 9.75 Å². The summed E-state index contributed by atoms with van der Waals surface area (Å²) in [5.41, 5.74) is 2.44. The Morgan fingerprint density at radius 1 is 0.947 bits per heavy atom. The number of rotatable bonds is 3. The normalized spacial score (nSPS) is 34.3. The summed E-state index contributed by atoms with van der Waals surface area (Å²) in [5, 5.41) is 11.1. The van der Waals surface area contributed by atoms with E-state index in [1.54, 1.807) is 25.1 Å². The summed E-state index contributed by atoms with van der Waals surface area (Å²) in [4.78, 5) is 52.8. The SMILES string of the molecule is Cc1cccc(C2C3=CCC4C(=O)N(Cc5ccccc5)C(=O)C4C3CC3(Cl)C(=O)N(C)C(=O)C23Cl)c1O. The summed E-state index contributed by atoms with van der Waals surface area (Å²) in [7, 11) is 1.34. The number of halogens is 2. The van der Waals surface area contributed by atoms with Crippen molar-refractivity contribution in [2.75, 3.05) is 7.05 Å². The third kappa shape index (κ3) is 3.09. The molecule has 0 bridgehead atoms. The van der Waals surface area contributed by atoms with E-state index in [9.17, 15) is 24.3 Å². The monoisotopic (exact) mass is 552 g/mol. The third-order valence-corrected chi connectivity index (χ3v) is 10.3. The van der Waals surface area contributed by atoms with Crippen LogP contribution in [0.4, 0.5) is 0 Å². The molecular formula is C29H26Cl2N2O5. The maximum absolute atomic E-state index is 13.9. The van der Waals surface area contributed by atoms with E-state index < -0.39 is 45.2 Å². The molecule has 7 nitrogen and oxygen atoms in total. The van der Waals surface area contributed by atoms with Crippen LogP contribution < -0.4 is 0 Å². The maximum atomic E-state index is 13.9. The first kappa shape index (κ1) is 25.1. The van der Waals surface area contributed by atoms with E-state index in [-0.39, 0.29) is 37.0 Å². The van der Waals surface area contributed by atoms with Crippen molar-refractivity contribution in [2.45, 2.75) is 42.0 Å². The van der Waals surface area contributed by atoms with Crippen molar-refractivity contribution in [3.05, 3.63) is 76.9 Å². The smallest absolute Gasteiger partial charge is 0.253 e. The molecule has 4 aliphatic rings. The molecule has 0 aromatic heterocycles. The molecule has 4 amide bonds. The van der Waals surface area contributed by atoms with Gasteiger partial charge in [-0.1, -0.05) is 60.2 Å². The minimum atomic E-state index is -1.91. The fraction of sp³-hybridized carbons (Fsp3) is 0.379. The zero-order valence-electron chi connectivity index (χ0n) is 20.9. The minimum absolute atomic E-state index is 0.0467. The van der Waals surface area contributed by atoms with Gasteiger partial charge in [-0.3, -0.25) is 29.0 Å². The van der Waals surface area contributed by atoms with E-state index in [1.807, 2.05) is 36.4 Å². The van der Waals surface area contributed by atoms with Crippen molar-refractivity contribution < 1.29 is 24.3 Å². The number of carbonyl (C=O) groups excluding carboxylic acids is 4. The van der Waals surface area contributed by atoms with Crippen LogP contribution >= 0.6 is 23.2 Å². The number of hydrogen-bond donors (Lipinski definition) is 1. The number of para-hydroxylation sites is 1. The van der Waals surface area contributed by atoms with Gasteiger partial charge >= 0.3 is 0 Å².